The van der Waals surface area contributed by atoms with Crippen LogP contribution in [0.4, 0.5) is 5.69 Å². The van der Waals surface area contributed by atoms with E-state index >= 15 is 0 Å². The number of benzene rings is 2. The van der Waals surface area contributed by atoms with Gasteiger partial charge in [-0.3, -0.25) is 9.69 Å². The van der Waals surface area contributed by atoms with Crippen LogP contribution in [0.25, 0.3) is 0 Å². The number of thioether (sulfide) groups is 2. The molecular weight excluding hydrogens is 384 g/mol. The van der Waals surface area contributed by atoms with Crippen molar-refractivity contribution in [1.82, 2.24) is 4.90 Å². The Hall–Kier alpha value is -1.96. The molecule has 2 aliphatic rings. The molecule has 2 heterocycles. The van der Waals surface area contributed by atoms with Crippen molar-refractivity contribution >= 4 is 51.7 Å². The van der Waals surface area contributed by atoms with Gasteiger partial charge in [-0.2, -0.15) is 0 Å². The third-order valence-electron chi connectivity index (χ3n) is 4.27. The van der Waals surface area contributed by atoms with Crippen molar-refractivity contribution in [2.45, 2.75) is 11.4 Å². The molecule has 4 rings (SSSR count). The van der Waals surface area contributed by atoms with Crippen LogP contribution in [0.5, 0.6) is 5.75 Å². The molecule has 0 unspecified atom stereocenters. The summed E-state index contributed by atoms with van der Waals surface area (Å²) < 4.78 is 5.92. The fourth-order valence-corrected chi connectivity index (χ4v) is 5.44. The lowest BCUT2D eigenvalue weighted by Crippen LogP contribution is -2.28. The minimum absolute atomic E-state index is 0.0297. The molecule has 0 N–H and O–H groups in total. The number of anilines is 1. The van der Waals surface area contributed by atoms with Gasteiger partial charge in [0.25, 0.3) is 5.91 Å². The van der Waals surface area contributed by atoms with Gasteiger partial charge in [-0.05, 0) is 17.7 Å². The van der Waals surface area contributed by atoms with E-state index in [2.05, 4.69) is 0 Å². The topological polar surface area (TPSA) is 32.8 Å². The summed E-state index contributed by atoms with van der Waals surface area (Å²) in [4.78, 5) is 18.5. The zero-order chi connectivity index (χ0) is 18.3. The monoisotopic (exact) mass is 400 g/mol. The zero-order valence-corrected chi connectivity index (χ0v) is 16.7. The molecule has 0 spiro atoms. The summed E-state index contributed by atoms with van der Waals surface area (Å²) in [5, 5.41) is 0.918. The van der Waals surface area contributed by atoms with Gasteiger partial charge in [0.2, 0.25) is 0 Å². The van der Waals surface area contributed by atoms with Gasteiger partial charge in [0.05, 0.1) is 24.4 Å². The SMILES string of the molecule is COc1ccc2c(c1)N(C)/C(=C1\SC(=S)N(Cc3ccccc3)C1=O)S2. The van der Waals surface area contributed by atoms with Crippen LogP contribution < -0.4 is 9.64 Å². The minimum Gasteiger partial charge on any atom is -0.497 e. The van der Waals surface area contributed by atoms with Crippen LogP contribution in [0, 0.1) is 0 Å². The third kappa shape index (κ3) is 3.00. The Morgan fingerprint density at radius 3 is 2.62 bits per heavy atom. The van der Waals surface area contributed by atoms with E-state index in [1.165, 1.54) is 11.8 Å². The molecule has 4 nitrogen and oxygen atoms in total. The third-order valence-corrected chi connectivity index (χ3v) is 7.07. The molecule has 132 valence electrons. The molecule has 0 bridgehead atoms. The summed E-state index contributed by atoms with van der Waals surface area (Å²) in [6.07, 6.45) is 0. The molecule has 1 fully saturated rings. The normalized spacial score (nSPS) is 19.3. The van der Waals surface area contributed by atoms with Crippen molar-refractivity contribution in [2.24, 2.45) is 0 Å². The van der Waals surface area contributed by atoms with Crippen LogP contribution in [0.3, 0.4) is 0 Å². The molecule has 1 amide bonds. The van der Waals surface area contributed by atoms with Gasteiger partial charge < -0.3 is 9.64 Å². The van der Waals surface area contributed by atoms with Crippen molar-refractivity contribution in [1.29, 1.82) is 0 Å². The number of ether oxygens (including phenoxy) is 1. The second-order valence-corrected chi connectivity index (χ2v) is 8.55. The van der Waals surface area contributed by atoms with Crippen molar-refractivity contribution in [3.63, 3.8) is 0 Å². The standard InChI is InChI=1S/C19H16N2O2S3/c1-20-14-10-13(23-2)8-9-15(14)25-18(20)16-17(22)21(19(24)26-16)11-12-6-4-3-5-7-12/h3-10H,11H2,1-2H3/b18-16+. The van der Waals surface area contributed by atoms with Gasteiger partial charge in [0.15, 0.2) is 0 Å². The van der Waals surface area contributed by atoms with Crippen LogP contribution >= 0.6 is 35.7 Å². The van der Waals surface area contributed by atoms with E-state index in [0.717, 1.165) is 26.9 Å². The van der Waals surface area contributed by atoms with Gasteiger partial charge in [0.1, 0.15) is 15.0 Å². The second-order valence-electron chi connectivity index (χ2n) is 5.87. The maximum atomic E-state index is 13.0. The quantitative estimate of drug-likeness (QED) is 0.559. The van der Waals surface area contributed by atoms with E-state index in [9.17, 15) is 4.79 Å². The molecule has 0 aliphatic carbocycles. The summed E-state index contributed by atoms with van der Waals surface area (Å²) >= 11 is 8.45. The molecule has 7 heteroatoms. The van der Waals surface area contributed by atoms with Gasteiger partial charge in [-0.15, -0.1) is 0 Å². The Morgan fingerprint density at radius 1 is 1.12 bits per heavy atom. The largest absolute Gasteiger partial charge is 0.497 e. The molecule has 0 saturated carbocycles. The minimum atomic E-state index is -0.0297. The number of amides is 1. The van der Waals surface area contributed by atoms with Crippen molar-refractivity contribution < 1.29 is 9.53 Å². The molecule has 26 heavy (non-hydrogen) atoms. The first-order valence-electron chi connectivity index (χ1n) is 8.00. The maximum Gasteiger partial charge on any atom is 0.269 e. The molecule has 0 aromatic heterocycles. The second kappa shape index (κ2) is 6.98. The predicted octanol–water partition coefficient (Wildman–Crippen LogP) is 4.47. The lowest BCUT2D eigenvalue weighted by molar-refractivity contribution is -0.122. The number of rotatable bonds is 3. The number of carbonyl (C=O) groups is 1. The molecule has 2 aliphatic heterocycles. The van der Waals surface area contributed by atoms with E-state index in [1.807, 2.05) is 60.5 Å². The molecule has 2 aromatic rings. The van der Waals surface area contributed by atoms with E-state index in [-0.39, 0.29) is 5.91 Å². The van der Waals surface area contributed by atoms with Crippen LogP contribution in [0.2, 0.25) is 0 Å². The smallest absolute Gasteiger partial charge is 0.269 e. The first-order chi connectivity index (χ1) is 12.6. The Morgan fingerprint density at radius 2 is 1.88 bits per heavy atom. The number of nitrogens with zero attached hydrogens (tertiary/aromatic N) is 2. The van der Waals surface area contributed by atoms with Crippen molar-refractivity contribution in [2.75, 3.05) is 19.1 Å². The number of hydrogen-bond donors (Lipinski definition) is 0. The van der Waals surface area contributed by atoms with Gasteiger partial charge >= 0.3 is 0 Å². The average Bonchev–Trinajstić information content (AvgIpc) is 3.13. The highest BCUT2D eigenvalue weighted by molar-refractivity contribution is 8.27. The Kier molecular flexibility index (Phi) is 4.69. The van der Waals surface area contributed by atoms with E-state index < -0.39 is 0 Å². The molecular formula is C19H16N2O2S3. The summed E-state index contributed by atoms with van der Waals surface area (Å²) in [5.74, 6) is 0.770. The van der Waals surface area contributed by atoms with Crippen LogP contribution in [0.15, 0.2) is 63.4 Å². The van der Waals surface area contributed by atoms with Crippen LogP contribution in [0.1, 0.15) is 5.56 Å². The zero-order valence-electron chi connectivity index (χ0n) is 14.3. The highest BCUT2D eigenvalue weighted by Crippen LogP contribution is 2.50. The van der Waals surface area contributed by atoms with Crippen molar-refractivity contribution in [3.8, 4) is 5.75 Å². The van der Waals surface area contributed by atoms with Gasteiger partial charge in [-0.1, -0.05) is 66.1 Å². The highest BCUT2D eigenvalue weighted by atomic mass is 32.2. The molecule has 1 saturated heterocycles. The molecule has 0 radical (unpaired) electrons. The molecule has 2 aromatic carbocycles. The Balaban J connectivity index is 1.64. The van der Waals surface area contributed by atoms with Gasteiger partial charge in [-0.25, -0.2) is 0 Å². The summed E-state index contributed by atoms with van der Waals surface area (Å²) in [5.41, 5.74) is 2.10. The number of carbonyl (C=O) groups excluding carboxylic acids is 1. The highest BCUT2D eigenvalue weighted by Gasteiger charge is 2.38. The number of thiocarbonyl (C=S) groups is 1. The van der Waals surface area contributed by atoms with Crippen LogP contribution in [-0.2, 0) is 11.3 Å². The Labute approximate surface area is 166 Å². The summed E-state index contributed by atoms with van der Waals surface area (Å²) in [6.45, 7) is 0.497. The lowest BCUT2D eigenvalue weighted by Gasteiger charge is -2.16. The molecule has 0 atom stereocenters. The maximum absolute atomic E-state index is 13.0. The van der Waals surface area contributed by atoms with Gasteiger partial charge in [0, 0.05) is 18.0 Å². The first kappa shape index (κ1) is 17.5. The first-order valence-corrected chi connectivity index (χ1v) is 10.0. The Bertz CT molecular complexity index is 928. The van der Waals surface area contributed by atoms with E-state index in [4.69, 9.17) is 17.0 Å². The van der Waals surface area contributed by atoms with E-state index in [1.54, 1.807) is 23.8 Å². The number of fused-ring (bicyclic) bond motifs is 1. The summed E-state index contributed by atoms with van der Waals surface area (Å²) in [6, 6.07) is 15.8. The van der Waals surface area contributed by atoms with E-state index in [0.29, 0.717) is 15.8 Å². The average molecular weight is 401 g/mol. The van der Waals surface area contributed by atoms with Crippen LogP contribution in [-0.4, -0.2) is 29.3 Å². The van der Waals surface area contributed by atoms with Crippen molar-refractivity contribution in [3.05, 3.63) is 64.0 Å². The predicted molar refractivity (Wildman–Crippen MR) is 111 cm³/mol. The number of hydrogen-bond acceptors (Lipinski definition) is 6. The fourth-order valence-electron chi connectivity index (χ4n) is 2.88. The summed E-state index contributed by atoms with van der Waals surface area (Å²) in [7, 11) is 3.62. The number of methoxy groups -OCH3 is 1. The lowest BCUT2D eigenvalue weighted by atomic mass is 10.2. The fraction of sp³-hybridized carbons (Fsp3) is 0.158.